The van der Waals surface area contributed by atoms with Gasteiger partial charge >= 0.3 is 5.08 Å². The summed E-state index contributed by atoms with van der Waals surface area (Å²) < 4.78 is 0. The third-order valence-electron chi connectivity index (χ3n) is 1.69. The van der Waals surface area contributed by atoms with Gasteiger partial charge < -0.3 is 0 Å². The van der Waals surface area contributed by atoms with Gasteiger partial charge in [-0.15, -0.1) is 0 Å². The van der Waals surface area contributed by atoms with E-state index < -0.39 is 0 Å². The van der Waals surface area contributed by atoms with Crippen LogP contribution in [0, 0.1) is 35.0 Å². The van der Waals surface area contributed by atoms with Crippen molar-refractivity contribution < 1.29 is 0 Å². The number of rotatable bonds is 1. The summed E-state index contributed by atoms with van der Waals surface area (Å²) >= 11 is 0. The fraction of sp³-hybridized carbons (Fsp3) is 0.111. The maximum Gasteiger partial charge on any atom is 0.308 e. The van der Waals surface area contributed by atoms with E-state index in [1.807, 2.05) is 12.1 Å². The zero-order valence-corrected chi connectivity index (χ0v) is 7.44. The molecule has 1 aromatic rings. The molecule has 0 fully saturated rings. The van der Waals surface area contributed by atoms with E-state index in [-0.39, 0.29) is 16.8 Å². The van der Waals surface area contributed by atoms with Gasteiger partial charge in [0.15, 0.2) is 5.69 Å². The summed E-state index contributed by atoms with van der Waals surface area (Å²) in [7, 11) is 0. The average molecular weight is 184 g/mol. The number of nitriles is 2. The molecule has 0 amide bonds. The maximum atomic E-state index is 8.77. The normalized spacial score (nSPS) is 8.14. The SMILES string of the molecule is Cc1cc(C#N)c(N[N+]#N)c(C#N)c1. The fourth-order valence-electron chi connectivity index (χ4n) is 1.13. The number of nitrogens with zero attached hydrogens (tertiary/aromatic N) is 4. The van der Waals surface area contributed by atoms with Crippen LogP contribution in [0.3, 0.4) is 0 Å². The van der Waals surface area contributed by atoms with Crippen molar-refractivity contribution >= 4 is 5.69 Å². The Hall–Kier alpha value is -2.58. The van der Waals surface area contributed by atoms with Crippen LogP contribution in [-0.2, 0) is 0 Å². The Morgan fingerprint density at radius 1 is 1.21 bits per heavy atom. The van der Waals surface area contributed by atoms with Crippen molar-refractivity contribution in [1.29, 1.82) is 15.9 Å². The molecule has 0 unspecified atom stereocenters. The first-order chi connectivity index (χ1) is 6.72. The van der Waals surface area contributed by atoms with Crippen LogP contribution in [0.4, 0.5) is 5.69 Å². The molecule has 0 aromatic heterocycles. The second-order valence-corrected chi connectivity index (χ2v) is 2.67. The molecule has 0 saturated carbocycles. The van der Waals surface area contributed by atoms with Crippen LogP contribution < -0.4 is 5.43 Å². The highest BCUT2D eigenvalue weighted by Gasteiger charge is 2.13. The van der Waals surface area contributed by atoms with Gasteiger partial charge in [-0.2, -0.15) is 10.5 Å². The number of benzene rings is 1. The van der Waals surface area contributed by atoms with Gasteiger partial charge in [-0.05, 0) is 30.0 Å². The predicted molar refractivity (Wildman–Crippen MR) is 49.3 cm³/mol. The van der Waals surface area contributed by atoms with Crippen LogP contribution in [0.15, 0.2) is 12.1 Å². The topological polar surface area (TPSA) is 87.8 Å². The number of diazo groups is 1. The number of hydrogen-bond acceptors (Lipinski definition) is 4. The lowest BCUT2D eigenvalue weighted by atomic mass is 10.1. The molecule has 0 bridgehead atoms. The standard InChI is InChI=1S/C9H6N5/c1-6-2-7(4-10)9(13-14-12)8(3-6)5-11/h2-3,13H,1H3/q+1. The number of anilines is 1. The minimum atomic E-state index is 0.225. The summed E-state index contributed by atoms with van der Waals surface area (Å²) in [5.74, 6) is 0. The molecule has 0 aliphatic heterocycles. The first-order valence-electron chi connectivity index (χ1n) is 3.78. The molecule has 1 N–H and O–H groups in total. The van der Waals surface area contributed by atoms with Gasteiger partial charge in [-0.1, -0.05) is 0 Å². The van der Waals surface area contributed by atoms with Gasteiger partial charge in [0.1, 0.15) is 12.1 Å². The van der Waals surface area contributed by atoms with E-state index in [0.29, 0.717) is 0 Å². The van der Waals surface area contributed by atoms with Crippen LogP contribution >= 0.6 is 0 Å². The molecule has 66 valence electrons. The Balaban J connectivity index is 3.46. The van der Waals surface area contributed by atoms with E-state index in [4.69, 9.17) is 15.9 Å². The summed E-state index contributed by atoms with van der Waals surface area (Å²) in [4.78, 5) is 0. The highest BCUT2D eigenvalue weighted by atomic mass is 15.3. The van der Waals surface area contributed by atoms with Crippen molar-refractivity contribution in [2.24, 2.45) is 0 Å². The lowest BCUT2D eigenvalue weighted by molar-refractivity contribution is 1.34. The molecule has 1 rings (SSSR count). The molecule has 14 heavy (non-hydrogen) atoms. The molecule has 0 aliphatic rings. The van der Waals surface area contributed by atoms with Crippen LogP contribution in [-0.4, -0.2) is 0 Å². The second kappa shape index (κ2) is 3.89. The van der Waals surface area contributed by atoms with E-state index in [9.17, 15) is 0 Å². The highest BCUT2D eigenvalue weighted by molar-refractivity contribution is 5.68. The van der Waals surface area contributed by atoms with Gasteiger partial charge in [-0.3, -0.25) is 0 Å². The van der Waals surface area contributed by atoms with Gasteiger partial charge in [-0.25, -0.2) is 0 Å². The maximum absolute atomic E-state index is 8.77. The molecule has 0 aliphatic carbocycles. The van der Waals surface area contributed by atoms with Crippen LogP contribution in [0.1, 0.15) is 16.7 Å². The van der Waals surface area contributed by atoms with Crippen LogP contribution in [0.5, 0.6) is 0 Å². The minimum Gasteiger partial charge on any atom is -0.192 e. The smallest absolute Gasteiger partial charge is 0.192 e. The zero-order valence-electron chi connectivity index (χ0n) is 7.44. The zero-order chi connectivity index (χ0) is 10.6. The summed E-state index contributed by atoms with van der Waals surface area (Å²) in [6, 6.07) is 7.03. The minimum absolute atomic E-state index is 0.225. The summed E-state index contributed by atoms with van der Waals surface area (Å²) in [6.45, 7) is 1.78. The van der Waals surface area contributed by atoms with Crippen molar-refractivity contribution in [3.8, 4) is 12.1 Å². The second-order valence-electron chi connectivity index (χ2n) is 2.67. The van der Waals surface area contributed by atoms with E-state index in [1.54, 1.807) is 19.1 Å². The Bertz CT molecular complexity index is 448. The third-order valence-corrected chi connectivity index (χ3v) is 1.69. The lowest BCUT2D eigenvalue weighted by Gasteiger charge is -1.99. The van der Waals surface area contributed by atoms with Gasteiger partial charge in [0.2, 0.25) is 0 Å². The molecular formula is C9H6N5+. The highest BCUT2D eigenvalue weighted by Crippen LogP contribution is 2.22. The quantitative estimate of drug-likeness (QED) is 0.533. The van der Waals surface area contributed by atoms with E-state index in [1.165, 1.54) is 0 Å². The van der Waals surface area contributed by atoms with Crippen molar-refractivity contribution in [3.63, 3.8) is 0 Å². The third kappa shape index (κ3) is 1.60. The first kappa shape index (κ1) is 9.51. The number of nitrogens with one attached hydrogen (secondary N) is 1. The van der Waals surface area contributed by atoms with Gasteiger partial charge in [0.25, 0.3) is 5.39 Å². The Kier molecular flexibility index (Phi) is 2.64. The Morgan fingerprint density at radius 3 is 2.07 bits per heavy atom. The molecule has 5 heteroatoms. The largest absolute Gasteiger partial charge is 0.308 e. The Labute approximate surface area is 80.8 Å². The number of aryl methyl sites for hydroxylation is 1. The molecule has 5 nitrogen and oxygen atoms in total. The van der Waals surface area contributed by atoms with Crippen molar-refractivity contribution in [2.75, 3.05) is 5.43 Å². The molecule has 0 radical (unpaired) electrons. The average Bonchev–Trinajstić information content (AvgIpc) is 2.20. The summed E-state index contributed by atoms with van der Waals surface area (Å²) in [5, 5.41) is 28.6. The summed E-state index contributed by atoms with van der Waals surface area (Å²) in [5.41, 5.74) is 3.80. The van der Waals surface area contributed by atoms with Crippen LogP contribution in [0.25, 0.3) is 5.08 Å². The van der Waals surface area contributed by atoms with Gasteiger partial charge in [0.05, 0.1) is 11.1 Å². The molecule has 0 spiro atoms. The van der Waals surface area contributed by atoms with E-state index >= 15 is 0 Å². The predicted octanol–water partition coefficient (Wildman–Crippen LogP) is 1.92. The summed E-state index contributed by atoms with van der Waals surface area (Å²) in [6.07, 6.45) is 0. The molecule has 1 aromatic carbocycles. The van der Waals surface area contributed by atoms with Crippen molar-refractivity contribution in [2.45, 2.75) is 6.92 Å². The van der Waals surface area contributed by atoms with Gasteiger partial charge in [0, 0.05) is 0 Å². The fourth-order valence-corrected chi connectivity index (χ4v) is 1.13. The molecular weight excluding hydrogens is 178 g/mol. The molecule has 0 heterocycles. The monoisotopic (exact) mass is 184 g/mol. The Morgan fingerprint density at radius 2 is 1.71 bits per heavy atom. The van der Waals surface area contributed by atoms with E-state index in [2.05, 4.69) is 10.5 Å². The van der Waals surface area contributed by atoms with E-state index in [0.717, 1.165) is 5.56 Å². The lowest BCUT2D eigenvalue weighted by Crippen LogP contribution is -1.94. The first-order valence-corrected chi connectivity index (χ1v) is 3.78. The van der Waals surface area contributed by atoms with Crippen molar-refractivity contribution in [1.82, 2.24) is 0 Å². The molecule has 0 atom stereocenters. The van der Waals surface area contributed by atoms with Crippen LogP contribution in [0.2, 0.25) is 0 Å². The number of hydrogen-bond donors (Lipinski definition) is 1. The molecule has 0 saturated heterocycles. The van der Waals surface area contributed by atoms with Crippen molar-refractivity contribution in [3.05, 3.63) is 33.9 Å².